The lowest BCUT2D eigenvalue weighted by atomic mass is 9.85. The highest BCUT2D eigenvalue weighted by molar-refractivity contribution is 5.72. The highest BCUT2D eigenvalue weighted by Crippen LogP contribution is 2.30. The van der Waals surface area contributed by atoms with Crippen LogP contribution in [0.5, 0.6) is 0 Å². The molecule has 2 rings (SSSR count). The van der Waals surface area contributed by atoms with Gasteiger partial charge in [-0.15, -0.1) is 0 Å². The normalized spacial score (nSPS) is 22.0. The van der Waals surface area contributed by atoms with Crippen LogP contribution in [-0.2, 0) is 27.3 Å². The number of hydrogen-bond donors (Lipinski definition) is 0. The van der Waals surface area contributed by atoms with E-state index >= 15 is 0 Å². The second-order valence-electron chi connectivity index (χ2n) is 5.82. The molecule has 0 aromatic heterocycles. The fraction of sp³-hybridized carbons (Fsp3) is 0.611. The first-order valence-electron chi connectivity index (χ1n) is 7.99. The van der Waals surface area contributed by atoms with Crippen molar-refractivity contribution in [3.05, 3.63) is 35.4 Å². The Morgan fingerprint density at radius 1 is 1.19 bits per heavy atom. The van der Waals surface area contributed by atoms with Crippen molar-refractivity contribution < 1.29 is 14.3 Å². The lowest BCUT2D eigenvalue weighted by Crippen LogP contribution is -2.27. The highest BCUT2D eigenvalue weighted by atomic mass is 16.5. The van der Waals surface area contributed by atoms with Crippen molar-refractivity contribution in [1.82, 2.24) is 0 Å². The van der Waals surface area contributed by atoms with E-state index < -0.39 is 0 Å². The van der Waals surface area contributed by atoms with Crippen LogP contribution in [-0.4, -0.2) is 19.2 Å². The molecule has 1 saturated carbocycles. The minimum absolute atomic E-state index is 0.202. The van der Waals surface area contributed by atoms with Crippen molar-refractivity contribution in [1.29, 1.82) is 0 Å². The van der Waals surface area contributed by atoms with Gasteiger partial charge in [-0.2, -0.15) is 0 Å². The fourth-order valence-electron chi connectivity index (χ4n) is 3.16. The average Bonchev–Trinajstić information content (AvgIpc) is 2.54. The zero-order valence-electron chi connectivity index (χ0n) is 13.1. The summed E-state index contributed by atoms with van der Waals surface area (Å²) in [5.74, 6) is 0.484. The first-order chi connectivity index (χ1) is 10.2. The van der Waals surface area contributed by atoms with E-state index in [2.05, 4.69) is 6.92 Å². The number of carbonyl (C=O) groups is 1. The maximum absolute atomic E-state index is 11.5. The fourth-order valence-corrected chi connectivity index (χ4v) is 3.16. The molecule has 0 bridgehead atoms. The summed E-state index contributed by atoms with van der Waals surface area (Å²) in [5.41, 5.74) is 2.11. The summed E-state index contributed by atoms with van der Waals surface area (Å²) in [4.78, 5) is 11.5. The third-order valence-electron chi connectivity index (χ3n) is 4.50. The molecule has 1 aliphatic rings. The smallest absolute Gasteiger partial charge is 0.309 e. The van der Waals surface area contributed by atoms with Crippen LogP contribution in [0.1, 0.15) is 50.2 Å². The van der Waals surface area contributed by atoms with Gasteiger partial charge in [0.1, 0.15) is 0 Å². The minimum Gasteiger partial charge on any atom is -0.469 e. The van der Waals surface area contributed by atoms with Crippen molar-refractivity contribution in [2.24, 2.45) is 5.92 Å². The summed E-state index contributed by atoms with van der Waals surface area (Å²) in [6.45, 7) is 2.84. The summed E-state index contributed by atoms with van der Waals surface area (Å²) < 4.78 is 10.9. The van der Waals surface area contributed by atoms with E-state index in [0.29, 0.717) is 25.0 Å². The van der Waals surface area contributed by atoms with Gasteiger partial charge in [0, 0.05) is 0 Å². The Kier molecular flexibility index (Phi) is 6.24. The third kappa shape index (κ3) is 4.57. The van der Waals surface area contributed by atoms with Crippen molar-refractivity contribution in [2.75, 3.05) is 7.11 Å². The third-order valence-corrected chi connectivity index (χ3v) is 4.50. The molecule has 0 saturated heterocycles. The molecule has 0 radical (unpaired) electrons. The van der Waals surface area contributed by atoms with E-state index in [1.165, 1.54) is 32.8 Å². The van der Waals surface area contributed by atoms with Gasteiger partial charge in [-0.3, -0.25) is 4.79 Å². The van der Waals surface area contributed by atoms with Gasteiger partial charge >= 0.3 is 5.97 Å². The van der Waals surface area contributed by atoms with Gasteiger partial charge in [0.2, 0.25) is 0 Å². The Labute approximate surface area is 127 Å². The minimum atomic E-state index is -0.202. The molecule has 3 nitrogen and oxygen atoms in total. The Bertz CT molecular complexity index is 456. The van der Waals surface area contributed by atoms with Crippen LogP contribution in [0.3, 0.4) is 0 Å². The van der Waals surface area contributed by atoms with Gasteiger partial charge in [0.25, 0.3) is 0 Å². The maximum atomic E-state index is 11.5. The SMILES string of the molecule is CCC1CCCCC1OCc1ccccc1CC(=O)OC. The van der Waals surface area contributed by atoms with Crippen LogP contribution < -0.4 is 0 Å². The molecule has 2 atom stereocenters. The molecular formula is C18H26O3. The van der Waals surface area contributed by atoms with Gasteiger partial charge < -0.3 is 9.47 Å². The largest absolute Gasteiger partial charge is 0.469 e. The maximum Gasteiger partial charge on any atom is 0.309 e. The van der Waals surface area contributed by atoms with E-state index in [0.717, 1.165) is 17.5 Å². The molecule has 1 fully saturated rings. The second kappa shape index (κ2) is 8.18. The summed E-state index contributed by atoms with van der Waals surface area (Å²) >= 11 is 0. The average molecular weight is 290 g/mol. The van der Waals surface area contributed by atoms with E-state index in [4.69, 9.17) is 9.47 Å². The Morgan fingerprint density at radius 3 is 2.62 bits per heavy atom. The summed E-state index contributed by atoms with van der Waals surface area (Å²) in [6, 6.07) is 7.98. The lowest BCUT2D eigenvalue weighted by Gasteiger charge is -2.31. The van der Waals surface area contributed by atoms with E-state index in [1.807, 2.05) is 24.3 Å². The molecule has 2 unspecified atom stereocenters. The van der Waals surface area contributed by atoms with Gasteiger partial charge in [-0.1, -0.05) is 50.5 Å². The van der Waals surface area contributed by atoms with Crippen LogP contribution in [0, 0.1) is 5.92 Å². The van der Waals surface area contributed by atoms with Gasteiger partial charge in [-0.25, -0.2) is 0 Å². The number of hydrogen-bond acceptors (Lipinski definition) is 3. The van der Waals surface area contributed by atoms with Gasteiger partial charge in [0.15, 0.2) is 0 Å². The monoisotopic (exact) mass is 290 g/mol. The standard InChI is InChI=1S/C18H26O3/c1-3-14-8-6-7-11-17(14)21-13-16-10-5-4-9-15(16)12-18(19)20-2/h4-5,9-10,14,17H,3,6-8,11-13H2,1-2H3. The molecule has 1 aromatic carbocycles. The Morgan fingerprint density at radius 2 is 1.90 bits per heavy atom. The molecular weight excluding hydrogens is 264 g/mol. The predicted molar refractivity (Wildman–Crippen MR) is 83.0 cm³/mol. The Hall–Kier alpha value is -1.35. The van der Waals surface area contributed by atoms with Crippen LogP contribution in [0.2, 0.25) is 0 Å². The molecule has 0 spiro atoms. The van der Waals surface area contributed by atoms with Gasteiger partial charge in [-0.05, 0) is 29.9 Å². The van der Waals surface area contributed by atoms with Crippen LogP contribution in [0.25, 0.3) is 0 Å². The zero-order chi connectivity index (χ0) is 15.1. The lowest BCUT2D eigenvalue weighted by molar-refractivity contribution is -0.139. The Balaban J connectivity index is 1.97. The summed E-state index contributed by atoms with van der Waals surface area (Å²) in [6.07, 6.45) is 6.92. The number of benzene rings is 1. The molecule has 21 heavy (non-hydrogen) atoms. The molecule has 1 aliphatic carbocycles. The molecule has 0 heterocycles. The number of methoxy groups -OCH3 is 1. The van der Waals surface area contributed by atoms with Crippen molar-refractivity contribution >= 4 is 5.97 Å². The molecule has 1 aromatic rings. The number of esters is 1. The number of carbonyl (C=O) groups excluding carboxylic acids is 1. The molecule has 0 amide bonds. The van der Waals surface area contributed by atoms with E-state index in [9.17, 15) is 4.79 Å². The first-order valence-corrected chi connectivity index (χ1v) is 7.99. The zero-order valence-corrected chi connectivity index (χ0v) is 13.1. The van der Waals surface area contributed by atoms with Crippen LogP contribution in [0.4, 0.5) is 0 Å². The molecule has 116 valence electrons. The van der Waals surface area contributed by atoms with E-state index in [1.54, 1.807) is 0 Å². The van der Waals surface area contributed by atoms with E-state index in [-0.39, 0.29) is 5.97 Å². The number of ether oxygens (including phenoxy) is 2. The predicted octanol–water partition coefficient (Wildman–Crippen LogP) is 3.89. The second-order valence-corrected chi connectivity index (χ2v) is 5.82. The molecule has 0 N–H and O–H groups in total. The number of rotatable bonds is 6. The van der Waals surface area contributed by atoms with Crippen LogP contribution >= 0.6 is 0 Å². The summed E-state index contributed by atoms with van der Waals surface area (Å²) in [7, 11) is 1.43. The molecule has 3 heteroatoms. The van der Waals surface area contributed by atoms with Crippen LogP contribution in [0.15, 0.2) is 24.3 Å². The first kappa shape index (κ1) is 16.0. The highest BCUT2D eigenvalue weighted by Gasteiger charge is 2.24. The van der Waals surface area contributed by atoms with Crippen molar-refractivity contribution in [3.8, 4) is 0 Å². The molecule has 0 aliphatic heterocycles. The summed E-state index contributed by atoms with van der Waals surface area (Å²) in [5, 5.41) is 0. The quantitative estimate of drug-likeness (QED) is 0.746. The van der Waals surface area contributed by atoms with Crippen molar-refractivity contribution in [2.45, 2.75) is 58.2 Å². The van der Waals surface area contributed by atoms with Crippen molar-refractivity contribution in [3.63, 3.8) is 0 Å². The topological polar surface area (TPSA) is 35.5 Å². The van der Waals surface area contributed by atoms with Gasteiger partial charge in [0.05, 0.1) is 26.2 Å².